The van der Waals surface area contributed by atoms with Gasteiger partial charge in [0, 0.05) is 6.42 Å². The summed E-state index contributed by atoms with van der Waals surface area (Å²) in [5.41, 5.74) is -0.387. The molecule has 1 N–H and O–H groups in total. The van der Waals surface area contributed by atoms with Crippen molar-refractivity contribution in [2.75, 3.05) is 13.8 Å². The van der Waals surface area contributed by atoms with Crippen LogP contribution < -0.4 is 0 Å². The highest BCUT2D eigenvalue weighted by Crippen LogP contribution is 2.68. The van der Waals surface area contributed by atoms with Crippen LogP contribution in [0.15, 0.2) is 0 Å². The lowest BCUT2D eigenvalue weighted by Gasteiger charge is -2.62. The zero-order valence-electron chi connectivity index (χ0n) is 19.6. The van der Waals surface area contributed by atoms with Crippen LogP contribution in [0.3, 0.4) is 0 Å². The molecular formula is C26H43FO3. The number of halogens is 1. The average molecular weight is 423 g/mol. The highest BCUT2D eigenvalue weighted by Gasteiger charge is 2.61. The minimum atomic E-state index is -1.06. The molecule has 0 aromatic carbocycles. The summed E-state index contributed by atoms with van der Waals surface area (Å²) in [6, 6.07) is 0. The first-order valence-corrected chi connectivity index (χ1v) is 12.5. The van der Waals surface area contributed by atoms with Crippen LogP contribution in [0.4, 0.5) is 4.39 Å². The molecule has 4 aliphatic rings. The van der Waals surface area contributed by atoms with Crippen molar-refractivity contribution < 1.29 is 19.0 Å². The van der Waals surface area contributed by atoms with Gasteiger partial charge < -0.3 is 9.84 Å². The van der Waals surface area contributed by atoms with E-state index in [2.05, 4.69) is 20.8 Å². The van der Waals surface area contributed by atoms with E-state index in [1.165, 1.54) is 39.2 Å². The van der Waals surface area contributed by atoms with Crippen LogP contribution >= 0.6 is 0 Å². The predicted octanol–water partition coefficient (Wildman–Crippen LogP) is 5.94. The van der Waals surface area contributed by atoms with Gasteiger partial charge in [0.1, 0.15) is 6.67 Å². The lowest BCUT2D eigenvalue weighted by Crippen LogP contribution is -2.56. The van der Waals surface area contributed by atoms with Crippen LogP contribution in [0.2, 0.25) is 0 Å². The fourth-order valence-electron chi connectivity index (χ4n) is 9.07. The molecule has 0 bridgehead atoms. The molecule has 4 saturated carbocycles. The summed E-state index contributed by atoms with van der Waals surface area (Å²) in [6.07, 6.45) is 11.4. The normalized spacial score (nSPS) is 48.9. The molecule has 0 aromatic rings. The van der Waals surface area contributed by atoms with Gasteiger partial charge >= 0.3 is 5.97 Å². The molecule has 0 spiro atoms. The maximum absolute atomic E-state index is 13.5. The fourth-order valence-corrected chi connectivity index (χ4v) is 9.07. The zero-order valence-corrected chi connectivity index (χ0v) is 19.6. The van der Waals surface area contributed by atoms with Gasteiger partial charge in [-0.1, -0.05) is 20.8 Å². The third kappa shape index (κ3) is 3.53. The molecule has 172 valence electrons. The topological polar surface area (TPSA) is 46.5 Å². The van der Waals surface area contributed by atoms with Crippen LogP contribution in [0.1, 0.15) is 91.4 Å². The summed E-state index contributed by atoms with van der Waals surface area (Å²) in [4.78, 5) is 11.7. The van der Waals surface area contributed by atoms with Crippen molar-refractivity contribution in [3.63, 3.8) is 0 Å². The van der Waals surface area contributed by atoms with Gasteiger partial charge in [-0.2, -0.15) is 0 Å². The number of esters is 1. The van der Waals surface area contributed by atoms with Crippen LogP contribution in [0.25, 0.3) is 0 Å². The largest absolute Gasteiger partial charge is 0.469 e. The standard InChI is InChI=1S/C26H43FO3/c1-17(5-10-23(28)30-4)20-8-9-21-19-7-6-18-15-26(29,16-27)14-13-24(18,2)22(19)11-12-25(20,21)3/h17-22,29H,5-16H2,1-4H3. The van der Waals surface area contributed by atoms with E-state index < -0.39 is 12.3 Å². The number of alkyl halides is 1. The molecule has 0 aromatic heterocycles. The molecule has 9 unspecified atom stereocenters. The summed E-state index contributed by atoms with van der Waals surface area (Å²) in [5, 5.41) is 10.6. The van der Waals surface area contributed by atoms with Crippen molar-refractivity contribution in [1.82, 2.24) is 0 Å². The van der Waals surface area contributed by atoms with Crippen LogP contribution in [-0.4, -0.2) is 30.5 Å². The minimum absolute atomic E-state index is 0.0814. The molecule has 0 amide bonds. The Morgan fingerprint density at radius 1 is 1.07 bits per heavy atom. The summed E-state index contributed by atoms with van der Waals surface area (Å²) < 4.78 is 18.4. The van der Waals surface area contributed by atoms with E-state index in [9.17, 15) is 14.3 Å². The Labute approximate surface area is 182 Å². The maximum atomic E-state index is 13.5. The van der Waals surface area contributed by atoms with Gasteiger partial charge in [0.2, 0.25) is 0 Å². The Morgan fingerprint density at radius 2 is 1.80 bits per heavy atom. The number of carbonyl (C=O) groups excluding carboxylic acids is 1. The number of ether oxygens (including phenoxy) is 1. The lowest BCUT2D eigenvalue weighted by molar-refractivity contribution is -0.156. The molecule has 4 heteroatoms. The Morgan fingerprint density at radius 3 is 2.50 bits per heavy atom. The number of carbonyl (C=O) groups is 1. The average Bonchev–Trinajstić information content (AvgIpc) is 3.09. The van der Waals surface area contributed by atoms with Gasteiger partial charge in [-0.05, 0) is 111 Å². The lowest BCUT2D eigenvalue weighted by atomic mass is 9.43. The Balaban J connectivity index is 1.48. The quantitative estimate of drug-likeness (QED) is 0.558. The molecule has 4 fully saturated rings. The van der Waals surface area contributed by atoms with Crippen LogP contribution in [0.5, 0.6) is 0 Å². The fraction of sp³-hybridized carbons (Fsp3) is 0.962. The predicted molar refractivity (Wildman–Crippen MR) is 117 cm³/mol. The van der Waals surface area contributed by atoms with E-state index in [-0.39, 0.29) is 11.4 Å². The van der Waals surface area contributed by atoms with E-state index in [0.29, 0.717) is 42.4 Å². The Bertz CT molecular complexity index is 652. The maximum Gasteiger partial charge on any atom is 0.305 e. The first kappa shape index (κ1) is 22.6. The first-order chi connectivity index (χ1) is 14.2. The number of aliphatic hydroxyl groups is 1. The number of rotatable bonds is 5. The van der Waals surface area contributed by atoms with Crippen molar-refractivity contribution >= 4 is 5.97 Å². The van der Waals surface area contributed by atoms with Gasteiger partial charge in [-0.25, -0.2) is 4.39 Å². The van der Waals surface area contributed by atoms with Gasteiger partial charge in [0.25, 0.3) is 0 Å². The van der Waals surface area contributed by atoms with E-state index in [1.807, 2.05) is 0 Å². The van der Waals surface area contributed by atoms with Gasteiger partial charge in [-0.15, -0.1) is 0 Å². The second-order valence-corrected chi connectivity index (χ2v) is 12.0. The van der Waals surface area contributed by atoms with Crippen molar-refractivity contribution in [1.29, 1.82) is 0 Å². The minimum Gasteiger partial charge on any atom is -0.469 e. The molecule has 0 saturated heterocycles. The molecule has 4 rings (SSSR count). The van der Waals surface area contributed by atoms with E-state index in [0.717, 1.165) is 37.0 Å². The number of fused-ring (bicyclic) bond motifs is 5. The van der Waals surface area contributed by atoms with Crippen molar-refractivity contribution in [3.8, 4) is 0 Å². The van der Waals surface area contributed by atoms with Gasteiger partial charge in [0.15, 0.2) is 0 Å². The molecule has 9 atom stereocenters. The third-order valence-electron chi connectivity index (χ3n) is 10.9. The van der Waals surface area contributed by atoms with Crippen molar-refractivity contribution in [3.05, 3.63) is 0 Å². The molecule has 3 nitrogen and oxygen atoms in total. The Hall–Kier alpha value is -0.640. The second-order valence-electron chi connectivity index (χ2n) is 12.0. The summed E-state index contributed by atoms with van der Waals surface area (Å²) in [6.45, 7) is 6.79. The molecule has 0 radical (unpaired) electrons. The number of methoxy groups -OCH3 is 1. The monoisotopic (exact) mass is 422 g/mol. The summed E-state index contributed by atoms with van der Waals surface area (Å²) in [5.74, 6) is 4.00. The van der Waals surface area contributed by atoms with E-state index >= 15 is 0 Å². The Kier molecular flexibility index (Phi) is 6.05. The van der Waals surface area contributed by atoms with Crippen LogP contribution in [-0.2, 0) is 9.53 Å². The first-order valence-electron chi connectivity index (χ1n) is 12.5. The third-order valence-corrected chi connectivity index (χ3v) is 10.9. The summed E-state index contributed by atoms with van der Waals surface area (Å²) >= 11 is 0. The SMILES string of the molecule is COC(=O)CCC(C)C1CCC2C3CCC4CC(O)(CF)CCC4(C)C3CCC12C. The number of hydrogen-bond donors (Lipinski definition) is 1. The van der Waals surface area contributed by atoms with Crippen molar-refractivity contribution in [2.24, 2.45) is 46.3 Å². The van der Waals surface area contributed by atoms with E-state index in [1.54, 1.807) is 0 Å². The highest BCUT2D eigenvalue weighted by molar-refractivity contribution is 5.69. The van der Waals surface area contributed by atoms with Gasteiger partial charge in [-0.3, -0.25) is 4.79 Å². The van der Waals surface area contributed by atoms with E-state index in [4.69, 9.17) is 4.74 Å². The van der Waals surface area contributed by atoms with Crippen LogP contribution in [0, 0.1) is 46.3 Å². The molecular weight excluding hydrogens is 379 g/mol. The molecule has 0 aliphatic heterocycles. The highest BCUT2D eigenvalue weighted by atomic mass is 19.1. The second kappa shape index (κ2) is 8.05. The van der Waals surface area contributed by atoms with Gasteiger partial charge in [0.05, 0.1) is 12.7 Å². The zero-order chi connectivity index (χ0) is 21.7. The molecule has 0 heterocycles. The smallest absolute Gasteiger partial charge is 0.305 e. The number of hydrogen-bond acceptors (Lipinski definition) is 3. The van der Waals surface area contributed by atoms with Crippen molar-refractivity contribution in [2.45, 2.75) is 97.0 Å². The molecule has 4 aliphatic carbocycles. The summed E-state index contributed by atoms with van der Waals surface area (Å²) in [7, 11) is 1.48. The molecule has 30 heavy (non-hydrogen) atoms.